The number of nitrogens with one attached hydrogen (secondary N) is 2. The van der Waals surface area contributed by atoms with Gasteiger partial charge in [0.15, 0.2) is 5.96 Å². The second-order valence-electron chi connectivity index (χ2n) is 6.98. The van der Waals surface area contributed by atoms with Crippen LogP contribution in [0.4, 0.5) is 0 Å². The van der Waals surface area contributed by atoms with Crippen LogP contribution in [0.2, 0.25) is 0 Å². The molecule has 0 bridgehead atoms. The van der Waals surface area contributed by atoms with Crippen LogP contribution in [-0.2, 0) is 4.74 Å². The Hall–Kier alpha value is -1.59. The normalized spacial score (nSPS) is 29.5. The van der Waals surface area contributed by atoms with Gasteiger partial charge in [-0.1, -0.05) is 30.3 Å². The molecule has 3 rings (SSSR count). The van der Waals surface area contributed by atoms with Crippen LogP contribution in [0.15, 0.2) is 35.3 Å². The average molecular weight is 331 g/mol. The van der Waals surface area contributed by atoms with E-state index < -0.39 is 0 Å². The number of aliphatic imine (C=N–C) groups is 1. The van der Waals surface area contributed by atoms with Gasteiger partial charge >= 0.3 is 0 Å². The van der Waals surface area contributed by atoms with Gasteiger partial charge in [-0.2, -0.15) is 0 Å². The minimum absolute atomic E-state index is 0.000512. The number of hydrogen-bond donors (Lipinski definition) is 3. The number of aliphatic hydroxyl groups excluding tert-OH is 1. The Morgan fingerprint density at radius 1 is 1.38 bits per heavy atom. The van der Waals surface area contributed by atoms with Crippen LogP contribution >= 0.6 is 0 Å². The van der Waals surface area contributed by atoms with Gasteiger partial charge in [-0.25, -0.2) is 0 Å². The van der Waals surface area contributed by atoms with Gasteiger partial charge in [-0.05, 0) is 31.7 Å². The molecule has 1 aliphatic carbocycles. The van der Waals surface area contributed by atoms with Crippen molar-refractivity contribution in [2.45, 2.75) is 38.1 Å². The van der Waals surface area contributed by atoms with Crippen LogP contribution < -0.4 is 10.6 Å². The third kappa shape index (κ3) is 4.28. The van der Waals surface area contributed by atoms with E-state index in [0.717, 1.165) is 38.4 Å². The summed E-state index contributed by atoms with van der Waals surface area (Å²) >= 11 is 0. The Kier molecular flexibility index (Phi) is 5.74. The molecular formula is C19H29N3O2. The van der Waals surface area contributed by atoms with E-state index in [-0.39, 0.29) is 12.0 Å². The van der Waals surface area contributed by atoms with Gasteiger partial charge in [0.2, 0.25) is 0 Å². The Labute approximate surface area is 144 Å². The molecule has 24 heavy (non-hydrogen) atoms. The van der Waals surface area contributed by atoms with Crippen molar-refractivity contribution in [3.8, 4) is 0 Å². The van der Waals surface area contributed by atoms with Crippen molar-refractivity contribution in [3.05, 3.63) is 35.9 Å². The van der Waals surface area contributed by atoms with Crippen LogP contribution in [0.25, 0.3) is 0 Å². The number of aliphatic hydroxyl groups is 1. The summed E-state index contributed by atoms with van der Waals surface area (Å²) in [6.45, 7) is 5.30. The van der Waals surface area contributed by atoms with Crippen molar-refractivity contribution in [3.63, 3.8) is 0 Å². The highest BCUT2D eigenvalue weighted by Gasteiger charge is 2.39. The fourth-order valence-corrected chi connectivity index (χ4v) is 3.45. The molecule has 3 N–H and O–H groups in total. The van der Waals surface area contributed by atoms with Gasteiger partial charge in [-0.15, -0.1) is 0 Å². The lowest BCUT2D eigenvalue weighted by atomic mass is 9.84. The number of rotatable bonds is 7. The van der Waals surface area contributed by atoms with Crippen LogP contribution in [0.5, 0.6) is 0 Å². The predicted octanol–water partition coefficient (Wildman–Crippen LogP) is 1.89. The monoisotopic (exact) mass is 331 g/mol. The highest BCUT2D eigenvalue weighted by molar-refractivity contribution is 5.80. The van der Waals surface area contributed by atoms with Gasteiger partial charge in [0.05, 0.1) is 13.2 Å². The van der Waals surface area contributed by atoms with E-state index in [2.05, 4.69) is 47.9 Å². The van der Waals surface area contributed by atoms with Crippen molar-refractivity contribution in [1.82, 2.24) is 10.6 Å². The number of ether oxygens (including phenoxy) is 1. The Bertz CT molecular complexity index is 541. The van der Waals surface area contributed by atoms with Crippen LogP contribution in [0, 0.1) is 5.41 Å². The van der Waals surface area contributed by atoms with Crippen LogP contribution in [0.1, 0.15) is 37.7 Å². The summed E-state index contributed by atoms with van der Waals surface area (Å²) in [5, 5.41) is 16.2. The minimum atomic E-state index is -0.000512. The van der Waals surface area contributed by atoms with E-state index in [4.69, 9.17) is 9.73 Å². The maximum absolute atomic E-state index is 9.34. The molecule has 0 amide bonds. The summed E-state index contributed by atoms with van der Waals surface area (Å²) in [5.74, 6) is 1.46. The first-order valence-corrected chi connectivity index (χ1v) is 9.05. The molecule has 5 nitrogen and oxygen atoms in total. The van der Waals surface area contributed by atoms with Crippen molar-refractivity contribution < 1.29 is 9.84 Å². The predicted molar refractivity (Wildman–Crippen MR) is 96.3 cm³/mol. The SMILES string of the molecule is CCNC(=NCC1(CCO)CCOC1)NC1CC1c1ccccc1. The summed E-state index contributed by atoms with van der Waals surface area (Å²) in [5.41, 5.74) is 1.39. The molecule has 1 saturated heterocycles. The molecule has 1 aromatic carbocycles. The zero-order valence-corrected chi connectivity index (χ0v) is 14.5. The molecule has 0 spiro atoms. The smallest absolute Gasteiger partial charge is 0.191 e. The highest BCUT2D eigenvalue weighted by Crippen LogP contribution is 2.40. The summed E-state index contributed by atoms with van der Waals surface area (Å²) in [6.07, 6.45) is 2.89. The maximum Gasteiger partial charge on any atom is 0.191 e. The van der Waals surface area contributed by atoms with E-state index in [1.54, 1.807) is 0 Å². The molecular weight excluding hydrogens is 302 g/mol. The minimum Gasteiger partial charge on any atom is -0.396 e. The van der Waals surface area contributed by atoms with E-state index in [9.17, 15) is 5.11 Å². The number of benzene rings is 1. The summed E-state index contributed by atoms with van der Waals surface area (Å²) in [6, 6.07) is 11.1. The molecule has 5 heteroatoms. The van der Waals surface area contributed by atoms with Gasteiger partial charge in [-0.3, -0.25) is 4.99 Å². The van der Waals surface area contributed by atoms with Crippen LogP contribution in [0.3, 0.4) is 0 Å². The first kappa shape index (κ1) is 17.2. The molecule has 1 aliphatic heterocycles. The highest BCUT2D eigenvalue weighted by atomic mass is 16.5. The van der Waals surface area contributed by atoms with Gasteiger partial charge in [0.1, 0.15) is 0 Å². The first-order chi connectivity index (χ1) is 11.8. The Morgan fingerprint density at radius 2 is 2.21 bits per heavy atom. The molecule has 132 valence electrons. The average Bonchev–Trinajstić information content (AvgIpc) is 3.22. The third-order valence-corrected chi connectivity index (χ3v) is 5.08. The Morgan fingerprint density at radius 3 is 2.88 bits per heavy atom. The first-order valence-electron chi connectivity index (χ1n) is 9.05. The molecule has 0 aromatic heterocycles. The molecule has 1 heterocycles. The van der Waals surface area contributed by atoms with E-state index in [1.165, 1.54) is 5.56 Å². The molecule has 1 aromatic rings. The van der Waals surface area contributed by atoms with Crippen molar-refractivity contribution in [2.24, 2.45) is 10.4 Å². The Balaban J connectivity index is 1.58. The van der Waals surface area contributed by atoms with E-state index >= 15 is 0 Å². The quantitative estimate of drug-likeness (QED) is 0.527. The second kappa shape index (κ2) is 7.99. The molecule has 3 unspecified atom stereocenters. The van der Waals surface area contributed by atoms with E-state index in [0.29, 0.717) is 25.1 Å². The van der Waals surface area contributed by atoms with Gasteiger partial charge < -0.3 is 20.5 Å². The molecule has 0 radical (unpaired) electrons. The topological polar surface area (TPSA) is 65.9 Å². The van der Waals surface area contributed by atoms with E-state index in [1.807, 2.05) is 0 Å². The van der Waals surface area contributed by atoms with Crippen molar-refractivity contribution in [1.29, 1.82) is 0 Å². The number of nitrogens with zero attached hydrogens (tertiary/aromatic N) is 1. The largest absolute Gasteiger partial charge is 0.396 e. The van der Waals surface area contributed by atoms with Gasteiger partial charge in [0.25, 0.3) is 0 Å². The standard InChI is InChI=1S/C19H29N3O2/c1-2-20-18(21-13-19(8-10-23)9-11-24-14-19)22-17-12-16(17)15-6-4-3-5-7-15/h3-7,16-17,23H,2,8-14H2,1H3,(H2,20,21,22). The fraction of sp³-hybridized carbons (Fsp3) is 0.632. The summed E-state index contributed by atoms with van der Waals surface area (Å²) in [4.78, 5) is 4.80. The second-order valence-corrected chi connectivity index (χ2v) is 6.98. The number of guanidine groups is 1. The zero-order chi connectivity index (χ0) is 16.8. The fourth-order valence-electron chi connectivity index (χ4n) is 3.45. The van der Waals surface area contributed by atoms with Crippen molar-refractivity contribution >= 4 is 5.96 Å². The molecule has 2 aliphatic rings. The zero-order valence-electron chi connectivity index (χ0n) is 14.5. The third-order valence-electron chi connectivity index (χ3n) is 5.08. The lowest BCUT2D eigenvalue weighted by Gasteiger charge is -2.25. The maximum atomic E-state index is 9.34. The molecule has 3 atom stereocenters. The van der Waals surface area contributed by atoms with Crippen LogP contribution in [-0.4, -0.2) is 50.0 Å². The number of hydrogen-bond acceptors (Lipinski definition) is 3. The van der Waals surface area contributed by atoms with Crippen molar-refractivity contribution in [2.75, 3.05) is 32.9 Å². The molecule has 1 saturated carbocycles. The van der Waals surface area contributed by atoms with Gasteiger partial charge in [0, 0.05) is 37.1 Å². The summed E-state index contributed by atoms with van der Waals surface area (Å²) < 4.78 is 5.55. The molecule has 2 fully saturated rings. The summed E-state index contributed by atoms with van der Waals surface area (Å²) in [7, 11) is 0. The lowest BCUT2D eigenvalue weighted by Crippen LogP contribution is -2.40. The lowest BCUT2D eigenvalue weighted by molar-refractivity contribution is 0.131.